The van der Waals surface area contributed by atoms with Gasteiger partial charge in [-0.25, -0.2) is 4.39 Å². The highest BCUT2D eigenvalue weighted by Gasteiger charge is 2.60. The van der Waals surface area contributed by atoms with Gasteiger partial charge in [0.2, 0.25) is 5.43 Å². The number of ketones is 1. The summed E-state index contributed by atoms with van der Waals surface area (Å²) in [7, 11) is 0. The lowest BCUT2D eigenvalue weighted by molar-refractivity contribution is 0.0630. The van der Waals surface area contributed by atoms with Crippen LogP contribution in [0.3, 0.4) is 0 Å². The number of aryl methyl sites for hydroxylation is 1. The number of halogens is 2. The second-order valence-electron chi connectivity index (χ2n) is 8.08. The van der Waals surface area contributed by atoms with Crippen molar-refractivity contribution in [2.24, 2.45) is 5.92 Å². The van der Waals surface area contributed by atoms with Gasteiger partial charge in [0.05, 0.1) is 16.1 Å². The Labute approximate surface area is 182 Å². The molecule has 2 atom stereocenters. The van der Waals surface area contributed by atoms with Gasteiger partial charge in [-0.05, 0) is 31.4 Å². The highest BCUT2D eigenvalue weighted by atomic mass is 35.5. The summed E-state index contributed by atoms with van der Waals surface area (Å²) in [4.78, 5) is 39.9. The van der Waals surface area contributed by atoms with Crippen molar-refractivity contribution in [2.75, 3.05) is 19.7 Å². The number of carbonyl (C=O) groups excluding carboxylic acids is 2. The normalized spacial score (nSPS) is 22.0. The molecule has 2 unspecified atom stereocenters. The Morgan fingerprint density at radius 3 is 2.74 bits per heavy atom. The lowest BCUT2D eigenvalue weighted by Gasteiger charge is -2.37. The maximum Gasteiger partial charge on any atom is 0.274 e. The molecule has 2 aliphatic rings. The quantitative estimate of drug-likeness (QED) is 0.661. The van der Waals surface area contributed by atoms with Gasteiger partial charge in [-0.3, -0.25) is 14.4 Å². The highest BCUT2D eigenvalue weighted by molar-refractivity contribution is 6.30. The second kappa shape index (κ2) is 7.76. The van der Waals surface area contributed by atoms with E-state index in [0.717, 1.165) is 0 Å². The number of rotatable bonds is 6. The first-order chi connectivity index (χ1) is 14.7. The van der Waals surface area contributed by atoms with Gasteiger partial charge in [0.25, 0.3) is 5.91 Å². The number of fused-ring (bicyclic) bond motifs is 2. The molecule has 1 amide bonds. The summed E-state index contributed by atoms with van der Waals surface area (Å²) in [6, 6.07) is 4.48. The molecule has 1 saturated carbocycles. The van der Waals surface area contributed by atoms with E-state index in [1.165, 1.54) is 27.8 Å². The van der Waals surface area contributed by atoms with Crippen LogP contribution < -0.4 is 5.43 Å². The summed E-state index contributed by atoms with van der Waals surface area (Å²) in [5, 5.41) is 20.2. The number of likely N-dealkylation sites (N-methyl/N-ethyl adjacent to an activating group) is 1. The molecule has 0 saturated heterocycles. The van der Waals surface area contributed by atoms with Crippen molar-refractivity contribution in [2.45, 2.75) is 31.7 Å². The molecule has 1 spiro atoms. The van der Waals surface area contributed by atoms with Gasteiger partial charge in [-0.2, -0.15) is 0 Å². The van der Waals surface area contributed by atoms with Crippen molar-refractivity contribution < 1.29 is 24.2 Å². The zero-order valence-electron chi connectivity index (χ0n) is 16.9. The average molecular weight is 449 g/mol. The van der Waals surface area contributed by atoms with E-state index in [9.17, 15) is 29.0 Å². The third-order valence-electron chi connectivity index (χ3n) is 6.37. The molecule has 2 aromatic rings. The van der Waals surface area contributed by atoms with E-state index in [1.807, 2.05) is 0 Å². The predicted octanol–water partition coefficient (Wildman–Crippen LogP) is 2.35. The van der Waals surface area contributed by atoms with E-state index in [1.54, 1.807) is 13.0 Å². The fourth-order valence-electron chi connectivity index (χ4n) is 4.45. The van der Waals surface area contributed by atoms with E-state index in [-0.39, 0.29) is 47.2 Å². The van der Waals surface area contributed by atoms with Gasteiger partial charge >= 0.3 is 0 Å². The minimum Gasteiger partial charge on any atom is -0.503 e. The third-order valence-corrected chi connectivity index (χ3v) is 6.66. The Balaban J connectivity index is 1.72. The molecule has 0 bridgehead atoms. The first-order valence-electron chi connectivity index (χ1n) is 10.1. The van der Waals surface area contributed by atoms with E-state index in [4.69, 9.17) is 11.6 Å². The fraction of sp³-hybridized carbons (Fsp3) is 0.409. The maximum atomic E-state index is 14.1. The summed E-state index contributed by atoms with van der Waals surface area (Å²) >= 11 is 5.77. The molecule has 2 heterocycles. The van der Waals surface area contributed by atoms with Gasteiger partial charge in [-0.15, -0.1) is 0 Å². The minimum absolute atomic E-state index is 0.0279. The van der Waals surface area contributed by atoms with Crippen LogP contribution in [0.1, 0.15) is 46.2 Å². The van der Waals surface area contributed by atoms with Gasteiger partial charge in [0.1, 0.15) is 5.82 Å². The number of pyridine rings is 1. The molecule has 1 aromatic carbocycles. The molecule has 7 nitrogen and oxygen atoms in total. The molecular formula is C22H22ClFN2O5. The molecule has 9 heteroatoms. The molecule has 1 aliphatic heterocycles. The van der Waals surface area contributed by atoms with Crippen LogP contribution in [0, 0.1) is 11.7 Å². The number of carbonyl (C=O) groups is 2. The van der Waals surface area contributed by atoms with Crippen LogP contribution in [0.25, 0.3) is 0 Å². The number of aliphatic hydroxyl groups is 1. The third kappa shape index (κ3) is 3.34. The monoisotopic (exact) mass is 448 g/mol. The van der Waals surface area contributed by atoms with Crippen LogP contribution >= 0.6 is 11.6 Å². The molecule has 0 radical (unpaired) electrons. The van der Waals surface area contributed by atoms with Crippen LogP contribution in [-0.2, 0) is 12.0 Å². The van der Waals surface area contributed by atoms with Crippen LogP contribution in [0.4, 0.5) is 4.39 Å². The summed E-state index contributed by atoms with van der Waals surface area (Å²) in [6.45, 7) is 2.39. The number of Topliss-reactive ketones (excluding diaryl/α,β-unsaturated/α-hetero) is 1. The Morgan fingerprint density at radius 2 is 2.10 bits per heavy atom. The summed E-state index contributed by atoms with van der Waals surface area (Å²) < 4.78 is 15.6. The number of amides is 1. The number of benzene rings is 1. The molecule has 31 heavy (non-hydrogen) atoms. The Bertz CT molecular complexity index is 1150. The predicted molar refractivity (Wildman–Crippen MR) is 111 cm³/mol. The highest BCUT2D eigenvalue weighted by Crippen LogP contribution is 2.53. The van der Waals surface area contributed by atoms with Gasteiger partial charge < -0.3 is 19.7 Å². The zero-order chi connectivity index (χ0) is 22.5. The Morgan fingerprint density at radius 1 is 1.35 bits per heavy atom. The van der Waals surface area contributed by atoms with Crippen molar-refractivity contribution in [1.29, 1.82) is 0 Å². The van der Waals surface area contributed by atoms with Crippen LogP contribution in [0.5, 0.6) is 5.75 Å². The van der Waals surface area contributed by atoms with Crippen molar-refractivity contribution >= 4 is 23.3 Å². The van der Waals surface area contributed by atoms with Crippen molar-refractivity contribution in [3.05, 3.63) is 62.3 Å². The average Bonchev–Trinajstić information content (AvgIpc) is 3.47. The second-order valence-corrected chi connectivity index (χ2v) is 8.49. The number of aromatic nitrogens is 1. The van der Waals surface area contributed by atoms with E-state index < -0.39 is 34.2 Å². The summed E-state index contributed by atoms with van der Waals surface area (Å²) in [5.41, 5.74) is -1.76. The first kappa shape index (κ1) is 21.5. The fourth-order valence-corrected chi connectivity index (χ4v) is 4.65. The molecule has 164 valence electrons. The minimum atomic E-state index is -0.925. The van der Waals surface area contributed by atoms with Crippen molar-refractivity contribution in [1.82, 2.24) is 9.47 Å². The first-order valence-corrected chi connectivity index (χ1v) is 10.5. The van der Waals surface area contributed by atoms with Gasteiger partial charge in [0, 0.05) is 38.2 Å². The number of hydrogen-bond donors (Lipinski definition) is 2. The smallest absolute Gasteiger partial charge is 0.274 e. The van der Waals surface area contributed by atoms with Gasteiger partial charge in [0.15, 0.2) is 17.2 Å². The molecule has 1 aliphatic carbocycles. The molecule has 1 fully saturated rings. The zero-order valence-corrected chi connectivity index (χ0v) is 17.7. The Hall–Kier alpha value is -2.71. The van der Waals surface area contributed by atoms with Crippen LogP contribution in [-0.4, -0.2) is 51.1 Å². The standard InChI is InChI=1S/C22H22ClFN2O5/c1-2-25-11-22(8-13(22)10-27)26-9-14(19(29)20(30)18(26)21(25)31)16(28)7-6-12-4-3-5-15(23)17(12)24/h3-5,9,13,27,30H,2,6-8,10-11H2,1H3. The topological polar surface area (TPSA) is 99.8 Å². The maximum absolute atomic E-state index is 14.1. The molecule has 2 N–H and O–H groups in total. The SMILES string of the molecule is CCN1CC2(CC2CO)n2cc(C(=O)CCc3cccc(Cl)c3F)c(=O)c(O)c2C1=O. The lowest BCUT2D eigenvalue weighted by atomic mass is 10.00. The Kier molecular flexibility index (Phi) is 5.39. The van der Waals surface area contributed by atoms with E-state index in [2.05, 4.69) is 0 Å². The van der Waals surface area contributed by atoms with E-state index >= 15 is 0 Å². The number of aliphatic hydroxyl groups excluding tert-OH is 1. The van der Waals surface area contributed by atoms with E-state index in [0.29, 0.717) is 19.5 Å². The van der Waals surface area contributed by atoms with Crippen molar-refractivity contribution in [3.8, 4) is 5.75 Å². The van der Waals surface area contributed by atoms with Crippen molar-refractivity contribution in [3.63, 3.8) is 0 Å². The van der Waals surface area contributed by atoms with Gasteiger partial charge in [-0.1, -0.05) is 23.7 Å². The molecular weight excluding hydrogens is 427 g/mol. The number of hydrogen-bond acceptors (Lipinski definition) is 5. The molecule has 1 aromatic heterocycles. The lowest BCUT2D eigenvalue weighted by Crippen LogP contribution is -2.49. The van der Waals surface area contributed by atoms with Crippen LogP contribution in [0.15, 0.2) is 29.2 Å². The summed E-state index contributed by atoms with van der Waals surface area (Å²) in [6.07, 6.45) is 1.73. The number of aromatic hydroxyl groups is 1. The summed E-state index contributed by atoms with van der Waals surface area (Å²) in [5.74, 6) is -2.61. The van der Waals surface area contributed by atoms with Crippen LogP contribution in [0.2, 0.25) is 5.02 Å². The largest absolute Gasteiger partial charge is 0.503 e. The molecule has 4 rings (SSSR count). The number of nitrogens with zero attached hydrogens (tertiary/aromatic N) is 2.